The zero-order chi connectivity index (χ0) is 14.8. The van der Waals surface area contributed by atoms with Gasteiger partial charge in [-0.25, -0.2) is 9.97 Å². The van der Waals surface area contributed by atoms with Gasteiger partial charge in [-0.2, -0.15) is 0 Å². The minimum Gasteiger partial charge on any atom is -0.333 e. The first-order valence-corrected chi connectivity index (χ1v) is 7.23. The van der Waals surface area contributed by atoms with E-state index in [1.807, 2.05) is 30.0 Å². The van der Waals surface area contributed by atoms with Crippen molar-refractivity contribution < 1.29 is 0 Å². The van der Waals surface area contributed by atoms with Gasteiger partial charge in [-0.15, -0.1) is 0 Å². The third-order valence-corrected chi connectivity index (χ3v) is 3.98. The largest absolute Gasteiger partial charge is 0.333 e. The molecule has 0 atom stereocenters. The third kappa shape index (κ3) is 3.00. The zero-order valence-corrected chi connectivity index (χ0v) is 12.9. The van der Waals surface area contributed by atoms with E-state index in [-0.39, 0.29) is 0 Å². The Kier molecular flexibility index (Phi) is 3.80. The van der Waals surface area contributed by atoms with Crippen LogP contribution in [0.15, 0.2) is 43.1 Å². The van der Waals surface area contributed by atoms with Gasteiger partial charge in [-0.1, -0.05) is 23.7 Å². The van der Waals surface area contributed by atoms with Crippen molar-refractivity contribution in [3.63, 3.8) is 0 Å². The number of hydrogen-bond donors (Lipinski definition) is 0. The lowest BCUT2D eigenvalue weighted by Crippen LogP contribution is -2.05. The van der Waals surface area contributed by atoms with Gasteiger partial charge in [0.15, 0.2) is 0 Å². The van der Waals surface area contributed by atoms with Crippen molar-refractivity contribution in [1.29, 1.82) is 0 Å². The highest BCUT2D eigenvalue weighted by molar-refractivity contribution is 6.31. The standard InChI is InChI=1S/C16H17ClN4/c1-12-8-19-13(2)21(12)10-15-4-3-14(7-16(15)17)9-20-6-5-18-11-20/h3-8,11H,9-10H2,1-2H3. The van der Waals surface area contributed by atoms with Gasteiger partial charge in [0, 0.05) is 35.9 Å². The SMILES string of the molecule is Cc1cnc(C)n1Cc1ccc(Cn2ccnc2)cc1Cl. The highest BCUT2D eigenvalue weighted by Gasteiger charge is 2.07. The number of imidazole rings is 2. The van der Waals surface area contributed by atoms with Crippen molar-refractivity contribution in [1.82, 2.24) is 19.1 Å². The minimum absolute atomic E-state index is 0.752. The van der Waals surface area contributed by atoms with Crippen molar-refractivity contribution in [3.8, 4) is 0 Å². The molecule has 0 N–H and O–H groups in total. The summed E-state index contributed by atoms with van der Waals surface area (Å²) in [6.45, 7) is 5.60. The fourth-order valence-electron chi connectivity index (χ4n) is 2.40. The summed E-state index contributed by atoms with van der Waals surface area (Å²) in [5, 5.41) is 0.792. The second kappa shape index (κ2) is 5.74. The van der Waals surface area contributed by atoms with Crippen LogP contribution < -0.4 is 0 Å². The van der Waals surface area contributed by atoms with Crippen LogP contribution in [0.5, 0.6) is 0 Å². The van der Waals surface area contributed by atoms with E-state index in [1.54, 1.807) is 12.5 Å². The number of rotatable bonds is 4. The quantitative estimate of drug-likeness (QED) is 0.740. The van der Waals surface area contributed by atoms with Gasteiger partial charge in [0.05, 0.1) is 12.9 Å². The molecule has 0 saturated carbocycles. The van der Waals surface area contributed by atoms with E-state index in [0.717, 1.165) is 35.2 Å². The number of hydrogen-bond acceptors (Lipinski definition) is 2. The maximum Gasteiger partial charge on any atom is 0.106 e. The van der Waals surface area contributed by atoms with Gasteiger partial charge < -0.3 is 9.13 Å². The topological polar surface area (TPSA) is 35.6 Å². The minimum atomic E-state index is 0.752. The molecule has 3 rings (SSSR count). The van der Waals surface area contributed by atoms with Crippen LogP contribution in [0.4, 0.5) is 0 Å². The molecule has 2 heterocycles. The molecule has 3 aromatic rings. The smallest absolute Gasteiger partial charge is 0.106 e. The number of benzene rings is 1. The first-order chi connectivity index (χ1) is 10.1. The summed E-state index contributed by atoms with van der Waals surface area (Å²) in [5.74, 6) is 1.01. The van der Waals surface area contributed by atoms with Gasteiger partial charge in [0.1, 0.15) is 5.82 Å². The predicted octanol–water partition coefficient (Wildman–Crippen LogP) is 3.45. The number of aromatic nitrogens is 4. The normalized spacial score (nSPS) is 11.0. The Morgan fingerprint density at radius 2 is 2.05 bits per heavy atom. The molecule has 1 aromatic carbocycles. The Bertz CT molecular complexity index is 724. The average Bonchev–Trinajstić information content (AvgIpc) is 3.06. The average molecular weight is 301 g/mol. The van der Waals surface area contributed by atoms with Crippen LogP contribution in [-0.2, 0) is 13.1 Å². The van der Waals surface area contributed by atoms with E-state index in [4.69, 9.17) is 11.6 Å². The molecule has 108 valence electrons. The molecule has 0 fully saturated rings. The molecule has 0 unspecified atom stereocenters. The van der Waals surface area contributed by atoms with Crippen molar-refractivity contribution in [2.45, 2.75) is 26.9 Å². The van der Waals surface area contributed by atoms with Crippen LogP contribution in [0.1, 0.15) is 22.6 Å². The molecule has 0 amide bonds. The van der Waals surface area contributed by atoms with Crippen molar-refractivity contribution >= 4 is 11.6 Å². The Morgan fingerprint density at radius 3 is 2.67 bits per heavy atom. The highest BCUT2D eigenvalue weighted by Crippen LogP contribution is 2.21. The Morgan fingerprint density at radius 1 is 1.19 bits per heavy atom. The fraction of sp³-hybridized carbons (Fsp3) is 0.250. The number of nitrogens with zero attached hydrogens (tertiary/aromatic N) is 4. The van der Waals surface area contributed by atoms with Gasteiger partial charge >= 0.3 is 0 Å². The lowest BCUT2D eigenvalue weighted by Gasteiger charge is -2.11. The van der Waals surface area contributed by atoms with E-state index < -0.39 is 0 Å². The summed E-state index contributed by atoms with van der Waals surface area (Å²) in [5.41, 5.74) is 3.42. The van der Waals surface area contributed by atoms with Crippen LogP contribution >= 0.6 is 11.6 Å². The maximum absolute atomic E-state index is 6.43. The second-order valence-electron chi connectivity index (χ2n) is 5.19. The molecule has 0 aliphatic carbocycles. The Balaban J connectivity index is 1.81. The third-order valence-electron chi connectivity index (χ3n) is 3.62. The fourth-order valence-corrected chi connectivity index (χ4v) is 2.66. The molecule has 2 aromatic heterocycles. The van der Waals surface area contributed by atoms with E-state index in [1.165, 1.54) is 5.56 Å². The highest BCUT2D eigenvalue weighted by atomic mass is 35.5. The van der Waals surface area contributed by atoms with Crippen LogP contribution in [0.2, 0.25) is 5.02 Å². The van der Waals surface area contributed by atoms with Crippen LogP contribution in [0.3, 0.4) is 0 Å². The summed E-state index contributed by atoms with van der Waals surface area (Å²) in [6, 6.07) is 6.23. The van der Waals surface area contributed by atoms with Gasteiger partial charge in [0.2, 0.25) is 0 Å². The molecule has 0 bridgehead atoms. The van der Waals surface area contributed by atoms with Crippen LogP contribution in [0, 0.1) is 13.8 Å². The van der Waals surface area contributed by atoms with Gasteiger partial charge in [-0.05, 0) is 31.0 Å². The van der Waals surface area contributed by atoms with E-state index in [0.29, 0.717) is 0 Å². The van der Waals surface area contributed by atoms with Crippen LogP contribution in [0.25, 0.3) is 0 Å². The molecule has 21 heavy (non-hydrogen) atoms. The predicted molar refractivity (Wildman–Crippen MR) is 83.6 cm³/mol. The summed E-state index contributed by atoms with van der Waals surface area (Å²) < 4.78 is 4.19. The molecule has 0 saturated heterocycles. The van der Waals surface area contributed by atoms with Crippen LogP contribution in [-0.4, -0.2) is 19.1 Å². The molecule has 0 aliphatic heterocycles. The molecule has 5 heteroatoms. The second-order valence-corrected chi connectivity index (χ2v) is 5.60. The molecule has 0 spiro atoms. The summed E-state index contributed by atoms with van der Waals surface area (Å²) in [6.07, 6.45) is 7.41. The molecular weight excluding hydrogens is 284 g/mol. The van der Waals surface area contributed by atoms with Gasteiger partial charge in [-0.3, -0.25) is 0 Å². The van der Waals surface area contributed by atoms with Crippen molar-refractivity contribution in [2.24, 2.45) is 0 Å². The number of halogens is 1. The molecule has 4 nitrogen and oxygen atoms in total. The first kappa shape index (κ1) is 13.9. The first-order valence-electron chi connectivity index (χ1n) is 6.85. The van der Waals surface area contributed by atoms with E-state index in [2.05, 4.69) is 33.6 Å². The molecule has 0 aliphatic rings. The van der Waals surface area contributed by atoms with E-state index >= 15 is 0 Å². The Labute approximate surface area is 129 Å². The number of aryl methyl sites for hydroxylation is 2. The summed E-state index contributed by atoms with van der Waals surface area (Å²) in [7, 11) is 0. The Hall–Kier alpha value is -2.07. The monoisotopic (exact) mass is 300 g/mol. The molecular formula is C16H17ClN4. The lowest BCUT2D eigenvalue weighted by atomic mass is 10.1. The molecule has 0 radical (unpaired) electrons. The summed E-state index contributed by atoms with van der Waals surface area (Å²) in [4.78, 5) is 8.37. The lowest BCUT2D eigenvalue weighted by molar-refractivity contribution is 0.737. The summed E-state index contributed by atoms with van der Waals surface area (Å²) >= 11 is 6.43. The van der Waals surface area contributed by atoms with Crippen molar-refractivity contribution in [2.75, 3.05) is 0 Å². The van der Waals surface area contributed by atoms with Gasteiger partial charge in [0.25, 0.3) is 0 Å². The van der Waals surface area contributed by atoms with Crippen molar-refractivity contribution in [3.05, 3.63) is 70.8 Å². The maximum atomic E-state index is 6.43. The zero-order valence-electron chi connectivity index (χ0n) is 12.1. The van der Waals surface area contributed by atoms with E-state index in [9.17, 15) is 0 Å².